The Morgan fingerprint density at radius 3 is 2.67 bits per heavy atom. The molecule has 3 rings (SSSR count). The second-order valence-corrected chi connectivity index (χ2v) is 7.23. The summed E-state index contributed by atoms with van der Waals surface area (Å²) in [4.78, 5) is 24.8. The van der Waals surface area contributed by atoms with Gasteiger partial charge in [0.25, 0.3) is 0 Å². The number of amidine groups is 1. The van der Waals surface area contributed by atoms with E-state index in [-0.39, 0.29) is 6.54 Å². The van der Waals surface area contributed by atoms with E-state index < -0.39 is 11.7 Å². The lowest BCUT2D eigenvalue weighted by Crippen LogP contribution is -2.32. The van der Waals surface area contributed by atoms with Crippen LogP contribution in [-0.4, -0.2) is 27.5 Å². The molecule has 0 bridgehead atoms. The minimum absolute atomic E-state index is 0.199. The van der Waals surface area contributed by atoms with Gasteiger partial charge < -0.3 is 15.8 Å². The number of rotatable bonds is 3. The zero-order valence-corrected chi connectivity index (χ0v) is 15.7. The second kappa shape index (κ2) is 7.57. The topological polar surface area (TPSA) is 102 Å². The van der Waals surface area contributed by atoms with Crippen LogP contribution >= 0.6 is 0 Å². The van der Waals surface area contributed by atoms with Crippen molar-refractivity contribution in [1.29, 1.82) is 0 Å². The molecule has 0 atom stereocenters. The Labute approximate surface area is 158 Å². The monoisotopic (exact) mass is 365 g/mol. The number of benzene rings is 1. The first-order valence-corrected chi connectivity index (χ1v) is 8.72. The van der Waals surface area contributed by atoms with Gasteiger partial charge in [-0.25, -0.2) is 19.8 Å². The van der Waals surface area contributed by atoms with Crippen molar-refractivity contribution in [2.45, 2.75) is 39.3 Å². The fraction of sp³-hybridized carbons (Fsp3) is 0.300. The van der Waals surface area contributed by atoms with E-state index >= 15 is 0 Å². The standard InChI is InChI=1S/C20H23N5O2/c1-20(2,3)27-19(26)24-12-18-22-10-15(11-23-18)14-8-7-13-5-4-6-17(21)25-16(13)9-14/h4-5,7-11H,6,12H2,1-3H3,(H2,21,25)(H,24,26). The number of hydrogen-bond donors (Lipinski definition) is 2. The molecule has 1 aliphatic heterocycles. The van der Waals surface area contributed by atoms with Crippen LogP contribution in [0.3, 0.4) is 0 Å². The third kappa shape index (κ3) is 5.13. The Kier molecular flexibility index (Phi) is 5.21. The molecule has 27 heavy (non-hydrogen) atoms. The molecule has 0 unspecified atom stereocenters. The van der Waals surface area contributed by atoms with Crippen molar-refractivity contribution in [1.82, 2.24) is 15.3 Å². The molecular weight excluding hydrogens is 342 g/mol. The van der Waals surface area contributed by atoms with Crippen LogP contribution in [-0.2, 0) is 11.3 Å². The van der Waals surface area contributed by atoms with Crippen LogP contribution in [0, 0.1) is 0 Å². The van der Waals surface area contributed by atoms with Crippen LogP contribution in [0.25, 0.3) is 17.2 Å². The molecule has 2 aromatic rings. The van der Waals surface area contributed by atoms with Gasteiger partial charge in [0.2, 0.25) is 0 Å². The van der Waals surface area contributed by atoms with Crippen LogP contribution in [0.4, 0.5) is 10.5 Å². The number of amides is 1. The highest BCUT2D eigenvalue weighted by molar-refractivity contribution is 5.89. The number of carbonyl (C=O) groups excluding carboxylic acids is 1. The maximum absolute atomic E-state index is 11.7. The molecule has 1 aromatic heterocycles. The number of ether oxygens (including phenoxy) is 1. The maximum atomic E-state index is 11.7. The van der Waals surface area contributed by atoms with E-state index in [4.69, 9.17) is 10.5 Å². The third-order valence-electron chi connectivity index (χ3n) is 3.75. The highest BCUT2D eigenvalue weighted by atomic mass is 16.6. The van der Waals surface area contributed by atoms with Crippen molar-refractivity contribution in [3.05, 3.63) is 48.1 Å². The molecule has 140 valence electrons. The Hall–Kier alpha value is -3.22. The Morgan fingerprint density at radius 2 is 1.96 bits per heavy atom. The molecule has 3 N–H and O–H groups in total. The summed E-state index contributed by atoms with van der Waals surface area (Å²) < 4.78 is 5.19. The number of hydrogen-bond acceptors (Lipinski definition) is 6. The molecule has 0 fully saturated rings. The molecule has 0 aliphatic carbocycles. The van der Waals surface area contributed by atoms with Crippen LogP contribution in [0.15, 0.2) is 41.7 Å². The first-order valence-electron chi connectivity index (χ1n) is 8.72. The van der Waals surface area contributed by atoms with Crippen LogP contribution in [0.1, 0.15) is 38.6 Å². The van der Waals surface area contributed by atoms with Gasteiger partial charge in [-0.1, -0.05) is 24.3 Å². The van der Waals surface area contributed by atoms with E-state index in [1.54, 1.807) is 12.4 Å². The van der Waals surface area contributed by atoms with E-state index in [0.717, 1.165) is 22.4 Å². The number of alkyl carbamates (subject to hydrolysis) is 1. The van der Waals surface area contributed by atoms with Gasteiger partial charge in [-0.15, -0.1) is 0 Å². The fourth-order valence-electron chi connectivity index (χ4n) is 2.53. The van der Waals surface area contributed by atoms with E-state index in [2.05, 4.69) is 20.3 Å². The van der Waals surface area contributed by atoms with Gasteiger partial charge in [-0.05, 0) is 38.0 Å². The van der Waals surface area contributed by atoms with Gasteiger partial charge in [0.1, 0.15) is 17.3 Å². The molecule has 1 aliphatic rings. The van der Waals surface area contributed by atoms with E-state index in [1.165, 1.54) is 0 Å². The summed E-state index contributed by atoms with van der Waals surface area (Å²) in [5, 5.41) is 2.64. The maximum Gasteiger partial charge on any atom is 0.408 e. The highest BCUT2D eigenvalue weighted by Crippen LogP contribution is 2.29. The number of fused-ring (bicyclic) bond motifs is 1. The Morgan fingerprint density at radius 1 is 1.22 bits per heavy atom. The lowest BCUT2D eigenvalue weighted by atomic mass is 10.0. The number of nitrogens with two attached hydrogens (primary N) is 1. The van der Waals surface area contributed by atoms with E-state index in [1.807, 2.05) is 51.1 Å². The predicted octanol–water partition coefficient (Wildman–Crippen LogP) is 3.57. The SMILES string of the molecule is CC(C)(C)OC(=O)NCc1ncc(-c2ccc3c(c2)N=C(N)CC=C3)cn1. The van der Waals surface area contributed by atoms with Crippen LogP contribution in [0.2, 0.25) is 0 Å². The van der Waals surface area contributed by atoms with Crippen molar-refractivity contribution >= 4 is 23.7 Å². The minimum Gasteiger partial charge on any atom is -0.444 e. The molecule has 0 spiro atoms. The number of carbonyl (C=O) groups is 1. The molecule has 7 nitrogen and oxygen atoms in total. The normalized spacial score (nSPS) is 13.4. The molecule has 0 saturated carbocycles. The highest BCUT2D eigenvalue weighted by Gasteiger charge is 2.16. The zero-order chi connectivity index (χ0) is 19.4. The average Bonchev–Trinajstić information content (AvgIpc) is 2.79. The Bertz CT molecular complexity index is 896. The molecular formula is C20H23N5O2. The number of aliphatic imine (C=N–C) groups is 1. The summed E-state index contributed by atoms with van der Waals surface area (Å²) in [6.45, 7) is 5.63. The van der Waals surface area contributed by atoms with Gasteiger partial charge in [-0.3, -0.25) is 0 Å². The summed E-state index contributed by atoms with van der Waals surface area (Å²) in [7, 11) is 0. The molecule has 0 saturated heterocycles. The molecule has 1 amide bonds. The average molecular weight is 365 g/mol. The summed E-state index contributed by atoms with van der Waals surface area (Å²) in [6.07, 6.45) is 7.61. The molecule has 7 heteroatoms. The predicted molar refractivity (Wildman–Crippen MR) is 105 cm³/mol. The van der Waals surface area contributed by atoms with Crippen molar-refractivity contribution in [3.63, 3.8) is 0 Å². The third-order valence-corrected chi connectivity index (χ3v) is 3.75. The summed E-state index contributed by atoms with van der Waals surface area (Å²) in [6, 6.07) is 5.97. The fourth-order valence-corrected chi connectivity index (χ4v) is 2.53. The minimum atomic E-state index is -0.540. The first-order chi connectivity index (χ1) is 12.8. The van der Waals surface area contributed by atoms with Crippen LogP contribution in [0.5, 0.6) is 0 Å². The lowest BCUT2D eigenvalue weighted by Gasteiger charge is -2.19. The van der Waals surface area contributed by atoms with E-state index in [0.29, 0.717) is 18.1 Å². The summed E-state index contributed by atoms with van der Waals surface area (Å²) in [5.41, 5.74) is 9.01. The zero-order valence-electron chi connectivity index (χ0n) is 15.7. The first kappa shape index (κ1) is 18.6. The Balaban J connectivity index is 1.70. The van der Waals surface area contributed by atoms with Crippen molar-refractivity contribution in [2.24, 2.45) is 10.7 Å². The number of nitrogens with one attached hydrogen (secondary N) is 1. The second-order valence-electron chi connectivity index (χ2n) is 7.23. The smallest absolute Gasteiger partial charge is 0.408 e. The van der Waals surface area contributed by atoms with Crippen molar-refractivity contribution < 1.29 is 9.53 Å². The summed E-state index contributed by atoms with van der Waals surface area (Å²) in [5.74, 6) is 1.09. The molecule has 1 aromatic carbocycles. The molecule has 0 radical (unpaired) electrons. The number of nitrogens with zero attached hydrogens (tertiary/aromatic N) is 3. The summed E-state index contributed by atoms with van der Waals surface area (Å²) >= 11 is 0. The van der Waals surface area contributed by atoms with Crippen LogP contribution < -0.4 is 11.1 Å². The quantitative estimate of drug-likeness (QED) is 0.865. The van der Waals surface area contributed by atoms with Gasteiger partial charge in [0, 0.05) is 24.4 Å². The van der Waals surface area contributed by atoms with Gasteiger partial charge in [0.05, 0.1) is 12.2 Å². The molecule has 2 heterocycles. The largest absolute Gasteiger partial charge is 0.444 e. The van der Waals surface area contributed by atoms with E-state index in [9.17, 15) is 4.79 Å². The van der Waals surface area contributed by atoms with Gasteiger partial charge in [-0.2, -0.15) is 0 Å². The van der Waals surface area contributed by atoms with Gasteiger partial charge >= 0.3 is 6.09 Å². The van der Waals surface area contributed by atoms with Crippen molar-refractivity contribution in [2.75, 3.05) is 0 Å². The number of aromatic nitrogens is 2. The lowest BCUT2D eigenvalue weighted by molar-refractivity contribution is 0.0522. The van der Waals surface area contributed by atoms with Crippen molar-refractivity contribution in [3.8, 4) is 11.1 Å². The van der Waals surface area contributed by atoms with Gasteiger partial charge in [0.15, 0.2) is 0 Å².